The molecule has 0 N–H and O–H groups in total. The lowest BCUT2D eigenvalue weighted by atomic mass is 10.2. The molecule has 0 atom stereocenters. The monoisotopic (exact) mass is 178 g/mol. The predicted octanol–water partition coefficient (Wildman–Crippen LogP) is 2.48. The summed E-state index contributed by atoms with van der Waals surface area (Å²) in [6, 6.07) is 4.16. The van der Waals surface area contributed by atoms with Gasteiger partial charge in [-0.05, 0) is 25.0 Å². The molecule has 0 aliphatic carbocycles. The van der Waals surface area contributed by atoms with E-state index in [0.29, 0.717) is 5.92 Å². The smallest absolute Gasteiger partial charge is 0.0397 e. The van der Waals surface area contributed by atoms with E-state index in [0.717, 1.165) is 12.2 Å². The van der Waals surface area contributed by atoms with Crippen LogP contribution in [0.5, 0.6) is 0 Å². The molecule has 0 spiro atoms. The second-order valence-corrected chi connectivity index (χ2v) is 3.93. The highest BCUT2D eigenvalue weighted by Gasteiger charge is 2.02. The van der Waals surface area contributed by atoms with Gasteiger partial charge in [-0.3, -0.25) is 4.98 Å². The molecule has 0 bridgehead atoms. The molecule has 0 aliphatic heterocycles. The Labute approximate surface area is 80.6 Å². The topological polar surface area (TPSA) is 16.1 Å². The number of pyridine rings is 1. The summed E-state index contributed by atoms with van der Waals surface area (Å²) in [5.74, 6) is 0.693. The molecule has 1 aromatic heterocycles. The highest BCUT2D eigenvalue weighted by atomic mass is 15.1. The third-order valence-electron chi connectivity index (χ3n) is 1.96. The Morgan fingerprint density at radius 1 is 1.46 bits per heavy atom. The Balaban J connectivity index is 2.71. The zero-order chi connectivity index (χ0) is 9.84. The quantitative estimate of drug-likeness (QED) is 0.707. The van der Waals surface area contributed by atoms with E-state index in [1.807, 2.05) is 13.1 Å². The fraction of sp³-hybridized carbons (Fsp3) is 0.545. The first-order valence-electron chi connectivity index (χ1n) is 4.73. The van der Waals surface area contributed by atoms with E-state index in [9.17, 15) is 0 Å². The number of nitrogens with zero attached hydrogens (tertiary/aromatic N) is 2. The van der Waals surface area contributed by atoms with Gasteiger partial charge in [-0.1, -0.05) is 13.8 Å². The average Bonchev–Trinajstić information content (AvgIpc) is 2.03. The van der Waals surface area contributed by atoms with Crippen molar-refractivity contribution in [3.05, 3.63) is 24.0 Å². The van der Waals surface area contributed by atoms with Crippen molar-refractivity contribution in [3.8, 4) is 0 Å². The first-order chi connectivity index (χ1) is 6.09. The molecular weight excluding hydrogens is 160 g/mol. The van der Waals surface area contributed by atoms with E-state index in [-0.39, 0.29) is 0 Å². The molecule has 72 valence electrons. The van der Waals surface area contributed by atoms with Gasteiger partial charge in [0.1, 0.15) is 0 Å². The number of hydrogen-bond donors (Lipinski definition) is 0. The number of anilines is 1. The van der Waals surface area contributed by atoms with Gasteiger partial charge in [0.05, 0.1) is 0 Å². The molecular formula is C11H18N2. The number of rotatable bonds is 3. The van der Waals surface area contributed by atoms with Crippen LogP contribution in [0.15, 0.2) is 18.3 Å². The Morgan fingerprint density at radius 2 is 2.15 bits per heavy atom. The summed E-state index contributed by atoms with van der Waals surface area (Å²) in [6.07, 6.45) is 1.86. The van der Waals surface area contributed by atoms with Crippen LogP contribution in [0.4, 0.5) is 5.69 Å². The van der Waals surface area contributed by atoms with Crippen molar-refractivity contribution in [1.29, 1.82) is 0 Å². The van der Waals surface area contributed by atoms with Crippen LogP contribution in [0.2, 0.25) is 0 Å². The normalized spacial score (nSPS) is 10.5. The van der Waals surface area contributed by atoms with Crippen LogP contribution in [0.1, 0.15) is 19.5 Å². The van der Waals surface area contributed by atoms with Crippen molar-refractivity contribution in [3.63, 3.8) is 0 Å². The number of aryl methyl sites for hydroxylation is 1. The highest BCUT2D eigenvalue weighted by Crippen LogP contribution is 2.13. The summed E-state index contributed by atoms with van der Waals surface area (Å²) in [6.45, 7) is 7.56. The molecule has 13 heavy (non-hydrogen) atoms. The average molecular weight is 178 g/mol. The minimum absolute atomic E-state index is 0.693. The predicted molar refractivity (Wildman–Crippen MR) is 57.1 cm³/mol. The maximum atomic E-state index is 4.17. The summed E-state index contributed by atoms with van der Waals surface area (Å²) < 4.78 is 0. The van der Waals surface area contributed by atoms with Gasteiger partial charge in [-0.15, -0.1) is 0 Å². The standard InChI is InChI=1S/C11H18N2/c1-9(2)8-13(4)11-5-6-12-10(3)7-11/h5-7,9H,8H2,1-4H3. The lowest BCUT2D eigenvalue weighted by molar-refractivity contribution is 0.638. The lowest BCUT2D eigenvalue weighted by Crippen LogP contribution is -2.22. The van der Waals surface area contributed by atoms with Crippen molar-refractivity contribution in [1.82, 2.24) is 4.98 Å². The van der Waals surface area contributed by atoms with Crippen molar-refractivity contribution in [2.75, 3.05) is 18.5 Å². The lowest BCUT2D eigenvalue weighted by Gasteiger charge is -2.21. The molecule has 0 fully saturated rings. The van der Waals surface area contributed by atoms with Crippen LogP contribution >= 0.6 is 0 Å². The molecule has 0 aliphatic rings. The van der Waals surface area contributed by atoms with Crippen LogP contribution in [-0.2, 0) is 0 Å². The fourth-order valence-electron chi connectivity index (χ4n) is 1.42. The van der Waals surface area contributed by atoms with Gasteiger partial charge in [-0.2, -0.15) is 0 Å². The van der Waals surface area contributed by atoms with Crippen molar-refractivity contribution in [2.45, 2.75) is 20.8 Å². The molecule has 0 radical (unpaired) electrons. The van der Waals surface area contributed by atoms with Crippen LogP contribution in [0, 0.1) is 12.8 Å². The summed E-state index contributed by atoms with van der Waals surface area (Å²) >= 11 is 0. The van der Waals surface area contributed by atoms with Gasteiger partial charge >= 0.3 is 0 Å². The van der Waals surface area contributed by atoms with Gasteiger partial charge < -0.3 is 4.90 Å². The van der Waals surface area contributed by atoms with Crippen molar-refractivity contribution >= 4 is 5.69 Å². The summed E-state index contributed by atoms with van der Waals surface area (Å²) in [5, 5.41) is 0. The zero-order valence-corrected chi connectivity index (χ0v) is 8.91. The Bertz CT molecular complexity index is 269. The molecule has 1 heterocycles. The van der Waals surface area contributed by atoms with Crippen LogP contribution in [0.3, 0.4) is 0 Å². The van der Waals surface area contributed by atoms with Crippen LogP contribution in [-0.4, -0.2) is 18.6 Å². The third kappa shape index (κ3) is 3.05. The van der Waals surface area contributed by atoms with E-state index >= 15 is 0 Å². The van der Waals surface area contributed by atoms with E-state index in [2.05, 4.69) is 42.9 Å². The molecule has 2 heteroatoms. The van der Waals surface area contributed by atoms with Crippen molar-refractivity contribution < 1.29 is 0 Å². The maximum Gasteiger partial charge on any atom is 0.0397 e. The highest BCUT2D eigenvalue weighted by molar-refractivity contribution is 5.45. The Morgan fingerprint density at radius 3 is 2.69 bits per heavy atom. The van der Waals surface area contributed by atoms with Gasteiger partial charge in [-0.25, -0.2) is 0 Å². The summed E-state index contributed by atoms with van der Waals surface area (Å²) in [7, 11) is 2.12. The molecule has 0 amide bonds. The fourth-order valence-corrected chi connectivity index (χ4v) is 1.42. The molecule has 2 nitrogen and oxygen atoms in total. The van der Waals surface area contributed by atoms with Gasteiger partial charge in [0.25, 0.3) is 0 Å². The minimum Gasteiger partial charge on any atom is -0.374 e. The largest absolute Gasteiger partial charge is 0.374 e. The molecule has 1 rings (SSSR count). The van der Waals surface area contributed by atoms with Crippen LogP contribution in [0.25, 0.3) is 0 Å². The molecule has 0 aromatic carbocycles. The van der Waals surface area contributed by atoms with E-state index in [1.54, 1.807) is 0 Å². The summed E-state index contributed by atoms with van der Waals surface area (Å²) in [5.41, 5.74) is 2.33. The van der Waals surface area contributed by atoms with Gasteiger partial charge in [0.2, 0.25) is 0 Å². The first kappa shape index (κ1) is 10.0. The molecule has 0 saturated carbocycles. The third-order valence-corrected chi connectivity index (χ3v) is 1.96. The summed E-state index contributed by atoms with van der Waals surface area (Å²) in [4.78, 5) is 6.44. The number of hydrogen-bond acceptors (Lipinski definition) is 2. The van der Waals surface area contributed by atoms with E-state index < -0.39 is 0 Å². The SMILES string of the molecule is Cc1cc(N(C)CC(C)C)ccn1. The minimum atomic E-state index is 0.693. The second-order valence-electron chi connectivity index (χ2n) is 3.93. The van der Waals surface area contributed by atoms with E-state index in [1.165, 1.54) is 5.69 Å². The first-order valence-corrected chi connectivity index (χ1v) is 4.73. The van der Waals surface area contributed by atoms with E-state index in [4.69, 9.17) is 0 Å². The zero-order valence-electron chi connectivity index (χ0n) is 8.91. The van der Waals surface area contributed by atoms with Crippen molar-refractivity contribution in [2.24, 2.45) is 5.92 Å². The second kappa shape index (κ2) is 4.26. The van der Waals surface area contributed by atoms with Gasteiger partial charge in [0, 0.05) is 31.2 Å². The maximum absolute atomic E-state index is 4.17. The molecule has 1 aromatic rings. The molecule has 0 unspecified atom stereocenters. The number of aromatic nitrogens is 1. The Hall–Kier alpha value is -1.05. The van der Waals surface area contributed by atoms with Gasteiger partial charge in [0.15, 0.2) is 0 Å². The molecule has 0 saturated heterocycles. The Kier molecular flexibility index (Phi) is 3.29. The van der Waals surface area contributed by atoms with Crippen LogP contribution < -0.4 is 4.90 Å².